The molecule has 1 atom stereocenters. The number of nitrogens with two attached hydrogens (primary N) is 1. The normalized spacial score (nSPS) is 20.8. The van der Waals surface area contributed by atoms with Crippen LogP contribution in [-0.2, 0) is 6.42 Å². The molecule has 6 heterocycles. The lowest BCUT2D eigenvalue weighted by atomic mass is 9.73. The monoisotopic (exact) mass is 574 g/mol. The van der Waals surface area contributed by atoms with Crippen LogP contribution < -0.4 is 15.5 Å². The molecule has 0 bridgehead atoms. The van der Waals surface area contributed by atoms with E-state index in [4.69, 9.17) is 27.3 Å². The molecule has 2 fully saturated rings. The number of halogens is 1. The van der Waals surface area contributed by atoms with E-state index in [9.17, 15) is 5.11 Å². The summed E-state index contributed by atoms with van der Waals surface area (Å²) in [5.41, 5.74) is 10.5. The zero-order valence-electron chi connectivity index (χ0n) is 22.1. The molecule has 0 radical (unpaired) electrons. The highest BCUT2D eigenvalue weighted by molar-refractivity contribution is 7.99. The quantitative estimate of drug-likeness (QED) is 0.362. The Hall–Kier alpha value is -3.05. The number of aliphatic hydroxyl groups excluding tert-OH is 1. The van der Waals surface area contributed by atoms with Gasteiger partial charge in [0.05, 0.1) is 17.3 Å². The molecule has 0 aromatic carbocycles. The van der Waals surface area contributed by atoms with Crippen molar-refractivity contribution >= 4 is 46.2 Å². The van der Waals surface area contributed by atoms with Crippen molar-refractivity contribution in [2.75, 3.05) is 36.0 Å². The summed E-state index contributed by atoms with van der Waals surface area (Å²) in [6.45, 7) is 3.26. The van der Waals surface area contributed by atoms with Crippen molar-refractivity contribution in [1.29, 1.82) is 0 Å². The summed E-state index contributed by atoms with van der Waals surface area (Å²) in [5, 5.41) is 11.2. The number of hydrogen-bond donors (Lipinski definition) is 2. The Labute approximate surface area is 242 Å². The van der Waals surface area contributed by atoms with Gasteiger partial charge < -0.3 is 20.6 Å². The number of hydrogen-bond acceptors (Lipinski definition) is 10. The molecule has 4 aromatic heterocycles. The summed E-state index contributed by atoms with van der Waals surface area (Å²) < 4.78 is 0. The Balaban J connectivity index is 1.05. The van der Waals surface area contributed by atoms with E-state index in [1.165, 1.54) is 17.3 Å². The molecule has 40 heavy (non-hydrogen) atoms. The van der Waals surface area contributed by atoms with Gasteiger partial charge in [0.2, 0.25) is 0 Å². The molecular formula is C29H31ClN8OS. The summed E-state index contributed by atoms with van der Waals surface area (Å²) in [6, 6.07) is 10.0. The molecule has 4 aromatic rings. The largest absolute Gasteiger partial charge is 0.393 e. The van der Waals surface area contributed by atoms with Gasteiger partial charge in [0, 0.05) is 55.2 Å². The van der Waals surface area contributed by atoms with E-state index in [0.29, 0.717) is 10.7 Å². The maximum Gasteiger partial charge on any atom is 0.179 e. The fourth-order valence-corrected chi connectivity index (χ4v) is 7.47. The predicted octanol–water partition coefficient (Wildman–Crippen LogP) is 4.42. The topological polar surface area (TPSA) is 117 Å². The summed E-state index contributed by atoms with van der Waals surface area (Å²) in [6.07, 6.45) is 9.63. The number of aliphatic hydroxyl groups is 1. The van der Waals surface area contributed by atoms with E-state index >= 15 is 0 Å². The van der Waals surface area contributed by atoms with E-state index in [0.717, 1.165) is 91.1 Å². The Morgan fingerprint density at radius 1 is 0.950 bits per heavy atom. The van der Waals surface area contributed by atoms with E-state index in [2.05, 4.69) is 30.8 Å². The Kier molecular flexibility index (Phi) is 6.74. The molecule has 3 N–H and O–H groups in total. The molecule has 0 amide bonds. The lowest BCUT2D eigenvalue weighted by Gasteiger charge is -2.42. The first-order valence-corrected chi connectivity index (χ1v) is 15.0. The van der Waals surface area contributed by atoms with Gasteiger partial charge in [0.1, 0.15) is 22.2 Å². The van der Waals surface area contributed by atoms with Crippen molar-refractivity contribution in [3.8, 4) is 0 Å². The van der Waals surface area contributed by atoms with E-state index < -0.39 is 0 Å². The molecule has 1 spiro atoms. The number of nitrogens with zero attached hydrogens (tertiary/aromatic N) is 7. The second kappa shape index (κ2) is 10.4. The van der Waals surface area contributed by atoms with Crippen LogP contribution in [0.1, 0.15) is 43.0 Å². The van der Waals surface area contributed by atoms with Gasteiger partial charge in [-0.3, -0.25) is 4.98 Å². The standard InChI is InChI=1S/C29H31ClN8OS/c30-25-22(5-11-33-28(25)38-12-6-18(39)7-13-38)40-24-4-3-20-27(36-24)34-17-23(35-20)37-14-8-29(9-15-37)16-21-19(26(29)31)2-1-10-32-21/h1-5,10-11,17-18,26,39H,6-9,12-16,31H2/t26-/m1/s1. The van der Waals surface area contributed by atoms with Crippen LogP contribution in [-0.4, -0.2) is 62.3 Å². The minimum absolute atomic E-state index is 0.0406. The second-order valence-electron chi connectivity index (χ2n) is 11.0. The number of anilines is 2. The number of rotatable bonds is 4. The van der Waals surface area contributed by atoms with Crippen molar-refractivity contribution in [1.82, 2.24) is 24.9 Å². The molecule has 0 unspecified atom stereocenters. The predicted molar refractivity (Wildman–Crippen MR) is 157 cm³/mol. The third kappa shape index (κ3) is 4.66. The van der Waals surface area contributed by atoms with Gasteiger partial charge in [-0.1, -0.05) is 29.4 Å². The maximum atomic E-state index is 9.84. The zero-order chi connectivity index (χ0) is 27.3. The van der Waals surface area contributed by atoms with Crippen molar-refractivity contribution < 1.29 is 5.11 Å². The lowest BCUT2D eigenvalue weighted by Crippen LogP contribution is -2.44. The molecule has 3 aliphatic rings. The van der Waals surface area contributed by atoms with Gasteiger partial charge >= 0.3 is 0 Å². The van der Waals surface area contributed by atoms with Gasteiger partial charge in [-0.2, -0.15) is 0 Å². The molecule has 1 aliphatic carbocycles. The van der Waals surface area contributed by atoms with Crippen LogP contribution in [0.3, 0.4) is 0 Å². The van der Waals surface area contributed by atoms with Crippen LogP contribution in [0.5, 0.6) is 0 Å². The number of pyridine rings is 3. The fraction of sp³-hybridized carbons (Fsp3) is 0.414. The molecule has 7 rings (SSSR count). The van der Waals surface area contributed by atoms with Gasteiger partial charge in [-0.15, -0.1) is 0 Å². The van der Waals surface area contributed by atoms with Gasteiger partial charge in [-0.05, 0) is 67.3 Å². The number of piperidine rings is 2. The average Bonchev–Trinajstić information content (AvgIpc) is 3.25. The maximum absolute atomic E-state index is 9.84. The van der Waals surface area contributed by atoms with Gasteiger partial charge in [0.15, 0.2) is 5.65 Å². The minimum Gasteiger partial charge on any atom is -0.393 e. The highest BCUT2D eigenvalue weighted by Gasteiger charge is 2.46. The SMILES string of the molecule is N[C@@H]1c2cccnc2CC12CCN(c1cnc3nc(Sc4ccnc(N5CCC(O)CC5)c4Cl)ccc3n1)CC2. The molecule has 206 valence electrons. The third-order valence-corrected chi connectivity index (χ3v) is 10.2. The van der Waals surface area contributed by atoms with Crippen LogP contribution in [0.15, 0.2) is 58.8 Å². The fourth-order valence-electron chi connectivity index (χ4n) is 6.32. The first-order valence-electron chi connectivity index (χ1n) is 13.8. The first kappa shape index (κ1) is 25.9. The zero-order valence-corrected chi connectivity index (χ0v) is 23.7. The smallest absolute Gasteiger partial charge is 0.179 e. The summed E-state index contributed by atoms with van der Waals surface area (Å²) in [5.74, 6) is 1.63. The third-order valence-electron chi connectivity index (χ3n) is 8.70. The Morgan fingerprint density at radius 2 is 1.77 bits per heavy atom. The van der Waals surface area contributed by atoms with Crippen LogP contribution in [0, 0.1) is 5.41 Å². The second-order valence-corrected chi connectivity index (χ2v) is 12.5. The number of aromatic nitrogens is 5. The average molecular weight is 575 g/mol. The van der Waals surface area contributed by atoms with Crippen LogP contribution in [0.4, 0.5) is 11.6 Å². The van der Waals surface area contributed by atoms with Crippen molar-refractivity contribution in [2.24, 2.45) is 11.1 Å². The first-order chi connectivity index (χ1) is 19.5. The van der Waals surface area contributed by atoms with Crippen LogP contribution >= 0.6 is 23.4 Å². The Morgan fingerprint density at radius 3 is 2.58 bits per heavy atom. The van der Waals surface area contributed by atoms with Crippen molar-refractivity contribution in [3.63, 3.8) is 0 Å². The van der Waals surface area contributed by atoms with Gasteiger partial charge in [0.25, 0.3) is 0 Å². The molecule has 2 saturated heterocycles. The minimum atomic E-state index is -0.247. The highest BCUT2D eigenvalue weighted by Crippen LogP contribution is 2.50. The van der Waals surface area contributed by atoms with E-state index in [1.807, 2.05) is 36.7 Å². The lowest BCUT2D eigenvalue weighted by molar-refractivity contribution is 0.145. The van der Waals surface area contributed by atoms with Crippen LogP contribution in [0.2, 0.25) is 5.02 Å². The molecule has 11 heteroatoms. The summed E-state index contributed by atoms with van der Waals surface area (Å²) >= 11 is 8.27. The van der Waals surface area contributed by atoms with E-state index in [-0.39, 0.29) is 17.6 Å². The van der Waals surface area contributed by atoms with E-state index in [1.54, 1.807) is 6.20 Å². The van der Waals surface area contributed by atoms with Crippen molar-refractivity contribution in [3.05, 3.63) is 65.2 Å². The molecule has 2 aliphatic heterocycles. The summed E-state index contributed by atoms with van der Waals surface area (Å²) in [4.78, 5) is 28.8. The van der Waals surface area contributed by atoms with Crippen LogP contribution in [0.25, 0.3) is 11.2 Å². The van der Waals surface area contributed by atoms with Crippen molar-refractivity contribution in [2.45, 2.75) is 54.2 Å². The summed E-state index contributed by atoms with van der Waals surface area (Å²) in [7, 11) is 0. The molecule has 9 nitrogen and oxygen atoms in total. The number of fused-ring (bicyclic) bond motifs is 2. The molecular weight excluding hydrogens is 544 g/mol. The molecule has 0 saturated carbocycles. The highest BCUT2D eigenvalue weighted by atomic mass is 35.5. The van der Waals surface area contributed by atoms with Gasteiger partial charge in [-0.25, -0.2) is 19.9 Å². The Bertz CT molecular complexity index is 1550.